The molecule has 11 heteroatoms. The summed E-state index contributed by atoms with van der Waals surface area (Å²) < 4.78 is 11.5. The molecule has 6 rings (SSSR count). The molecule has 3 N–H and O–H groups in total. The van der Waals surface area contributed by atoms with Crippen molar-refractivity contribution in [2.45, 2.75) is 50.7 Å². The number of ether oxygens (including phenoxy) is 1. The number of hydrogen-bond acceptors (Lipinski definition) is 8. The minimum Gasteiger partial charge on any atom is -0.507 e. The number of para-hydroxylation sites is 1. The van der Waals surface area contributed by atoms with Crippen LogP contribution >= 0.6 is 23.2 Å². The van der Waals surface area contributed by atoms with Gasteiger partial charge in [-0.2, -0.15) is 4.98 Å². The molecular weight excluding hydrogens is 627 g/mol. The van der Waals surface area contributed by atoms with E-state index in [1.807, 2.05) is 50.2 Å². The molecule has 1 amide bonds. The van der Waals surface area contributed by atoms with Crippen LogP contribution < -0.4 is 10.1 Å². The van der Waals surface area contributed by atoms with Gasteiger partial charge in [0, 0.05) is 38.8 Å². The number of aromatic hydroxyl groups is 1. The highest BCUT2D eigenvalue weighted by atomic mass is 35.5. The molecule has 1 aliphatic rings. The Hall–Kier alpha value is -4.44. The number of phenolic OH excluding ortho intramolecular Hbond substituents is 1. The third kappa shape index (κ3) is 6.72. The lowest BCUT2D eigenvalue weighted by Gasteiger charge is -2.40. The van der Waals surface area contributed by atoms with Gasteiger partial charge in [0.05, 0.1) is 16.9 Å². The lowest BCUT2D eigenvalue weighted by atomic mass is 9.78. The van der Waals surface area contributed by atoms with E-state index in [0.717, 1.165) is 22.3 Å². The van der Waals surface area contributed by atoms with Gasteiger partial charge < -0.3 is 24.8 Å². The van der Waals surface area contributed by atoms with Gasteiger partial charge >= 0.3 is 0 Å². The first-order valence-electron chi connectivity index (χ1n) is 14.7. The minimum absolute atomic E-state index is 0.0261. The zero-order valence-corrected chi connectivity index (χ0v) is 26.9. The Morgan fingerprint density at radius 1 is 1.02 bits per heavy atom. The maximum absolute atomic E-state index is 12.8. The number of fused-ring (bicyclic) bond motifs is 1. The predicted octanol–water partition coefficient (Wildman–Crippen LogP) is 7.69. The molecule has 0 fully saturated rings. The second kappa shape index (κ2) is 12.4. The molecule has 2 aromatic heterocycles. The Morgan fingerprint density at radius 2 is 1.76 bits per heavy atom. The van der Waals surface area contributed by atoms with Crippen LogP contribution in [0.2, 0.25) is 10.0 Å². The van der Waals surface area contributed by atoms with E-state index >= 15 is 0 Å². The number of phenols is 1. The van der Waals surface area contributed by atoms with E-state index in [4.69, 9.17) is 37.4 Å². The Labute approximate surface area is 276 Å². The Morgan fingerprint density at radius 3 is 2.48 bits per heavy atom. The highest BCUT2D eigenvalue weighted by Crippen LogP contribution is 2.48. The fraction of sp³-hybridized carbons (Fsp3) is 0.257. The molecule has 0 spiro atoms. The monoisotopic (exact) mass is 658 g/mol. The lowest BCUT2D eigenvalue weighted by molar-refractivity contribution is 0.0159. The second-order valence-electron chi connectivity index (χ2n) is 12.4. The van der Waals surface area contributed by atoms with Gasteiger partial charge in [0.1, 0.15) is 11.4 Å². The quantitative estimate of drug-likeness (QED) is 0.155. The van der Waals surface area contributed by atoms with E-state index in [0.29, 0.717) is 45.8 Å². The van der Waals surface area contributed by atoms with Gasteiger partial charge in [-0.25, -0.2) is 4.98 Å². The summed E-state index contributed by atoms with van der Waals surface area (Å²) in [4.78, 5) is 22.2. The Kier molecular flexibility index (Phi) is 8.50. The summed E-state index contributed by atoms with van der Waals surface area (Å²) in [5, 5.41) is 29.6. The van der Waals surface area contributed by atoms with Gasteiger partial charge in [-0.3, -0.25) is 4.79 Å². The Balaban J connectivity index is 1.41. The minimum atomic E-state index is -1.30. The summed E-state index contributed by atoms with van der Waals surface area (Å²) in [6, 6.07) is 21.2. The fourth-order valence-electron chi connectivity index (χ4n) is 5.96. The number of nitrogens with one attached hydrogen (secondary N) is 1. The molecule has 1 aliphatic heterocycles. The standard InChI is InChI=1S/C35H32Cl2N4O5/c1-34(2)16-21(17-35(3,44)18-38-32(43)25-6-4-5-7-29(25)42)27-15-26(20-8-10-22(36)11-9-20)30(40-33(27)46-34)24-13-12-23(37)14-28(24)31-39-19-45-41-31/h4-15,19,21,42,44H,16-18H2,1-3H3,(H,38,43). The number of rotatable bonds is 8. The highest BCUT2D eigenvalue weighted by Gasteiger charge is 2.39. The van der Waals surface area contributed by atoms with Crippen molar-refractivity contribution in [1.29, 1.82) is 0 Å². The maximum atomic E-state index is 12.8. The molecule has 0 radical (unpaired) electrons. The van der Waals surface area contributed by atoms with Crippen LogP contribution in [0.1, 0.15) is 55.5 Å². The number of benzene rings is 3. The fourth-order valence-corrected chi connectivity index (χ4v) is 6.26. The molecule has 46 heavy (non-hydrogen) atoms. The second-order valence-corrected chi connectivity index (χ2v) is 13.3. The molecule has 0 aliphatic carbocycles. The van der Waals surface area contributed by atoms with Crippen LogP contribution in [0.25, 0.3) is 33.8 Å². The SMILES string of the molecule is CC(O)(CNC(=O)c1ccccc1O)CC1CC(C)(C)Oc2nc(-c3ccc(Cl)cc3-c3ncon3)c(-c3ccc(Cl)cc3)cc21. The van der Waals surface area contributed by atoms with E-state index in [2.05, 4.69) is 15.5 Å². The number of aliphatic hydroxyl groups is 1. The molecule has 0 saturated carbocycles. The van der Waals surface area contributed by atoms with E-state index in [9.17, 15) is 15.0 Å². The van der Waals surface area contributed by atoms with Crippen LogP contribution in [-0.2, 0) is 0 Å². The van der Waals surface area contributed by atoms with E-state index in [-0.39, 0.29) is 23.8 Å². The molecular formula is C35H32Cl2N4O5. The van der Waals surface area contributed by atoms with Gasteiger partial charge in [-0.05, 0) is 87.6 Å². The van der Waals surface area contributed by atoms with Crippen molar-refractivity contribution in [2.24, 2.45) is 0 Å². The number of carbonyl (C=O) groups is 1. The summed E-state index contributed by atoms with van der Waals surface area (Å²) >= 11 is 12.7. The van der Waals surface area contributed by atoms with Crippen LogP contribution in [-0.4, -0.2) is 49.0 Å². The number of aromatic nitrogens is 3. The summed E-state index contributed by atoms with van der Waals surface area (Å²) in [6.45, 7) is 5.63. The molecule has 0 bridgehead atoms. The van der Waals surface area contributed by atoms with Crippen LogP contribution in [0, 0.1) is 0 Å². The number of pyridine rings is 1. The zero-order chi connectivity index (χ0) is 32.6. The summed E-state index contributed by atoms with van der Waals surface area (Å²) in [5.41, 5.74) is 2.73. The molecule has 2 unspecified atom stereocenters. The van der Waals surface area contributed by atoms with Gasteiger partial charge in [0.15, 0.2) is 0 Å². The van der Waals surface area contributed by atoms with Crippen LogP contribution in [0.5, 0.6) is 11.6 Å². The summed E-state index contributed by atoms with van der Waals surface area (Å²) in [5.74, 6) is 0.0322. The van der Waals surface area contributed by atoms with E-state index in [1.54, 1.807) is 31.2 Å². The van der Waals surface area contributed by atoms with Crippen LogP contribution in [0.3, 0.4) is 0 Å². The number of hydrogen-bond donors (Lipinski definition) is 3. The third-order valence-electron chi connectivity index (χ3n) is 8.02. The van der Waals surface area contributed by atoms with Crippen molar-refractivity contribution < 1.29 is 24.3 Å². The van der Waals surface area contributed by atoms with E-state index in [1.165, 1.54) is 18.5 Å². The normalized spacial score (nSPS) is 16.6. The van der Waals surface area contributed by atoms with Crippen molar-refractivity contribution in [3.05, 3.63) is 100 Å². The topological polar surface area (TPSA) is 131 Å². The maximum Gasteiger partial charge on any atom is 0.255 e. The first kappa shape index (κ1) is 31.5. The number of nitrogens with zero attached hydrogens (tertiary/aromatic N) is 3. The third-order valence-corrected chi connectivity index (χ3v) is 8.51. The summed E-state index contributed by atoms with van der Waals surface area (Å²) in [6.07, 6.45) is 2.16. The smallest absolute Gasteiger partial charge is 0.255 e. The number of amides is 1. The van der Waals surface area contributed by atoms with Gasteiger partial charge in [-0.15, -0.1) is 0 Å². The van der Waals surface area contributed by atoms with Crippen molar-refractivity contribution in [3.8, 4) is 45.4 Å². The average Bonchev–Trinajstić information content (AvgIpc) is 3.55. The number of halogens is 2. The first-order chi connectivity index (χ1) is 21.9. The van der Waals surface area contributed by atoms with E-state index < -0.39 is 17.1 Å². The van der Waals surface area contributed by atoms with Crippen LogP contribution in [0.4, 0.5) is 0 Å². The molecule has 2 atom stereocenters. The number of carbonyl (C=O) groups excluding carboxylic acids is 1. The molecule has 236 valence electrons. The molecule has 3 aromatic carbocycles. The van der Waals surface area contributed by atoms with Crippen molar-refractivity contribution >= 4 is 29.1 Å². The molecule has 5 aromatic rings. The molecule has 9 nitrogen and oxygen atoms in total. The first-order valence-corrected chi connectivity index (χ1v) is 15.5. The molecule has 0 saturated heterocycles. The summed E-state index contributed by atoms with van der Waals surface area (Å²) in [7, 11) is 0. The Bertz CT molecular complexity index is 1890. The predicted molar refractivity (Wildman–Crippen MR) is 176 cm³/mol. The highest BCUT2D eigenvalue weighted by molar-refractivity contribution is 6.31. The van der Waals surface area contributed by atoms with Crippen molar-refractivity contribution in [2.75, 3.05) is 6.54 Å². The largest absolute Gasteiger partial charge is 0.507 e. The zero-order valence-electron chi connectivity index (χ0n) is 25.4. The van der Waals surface area contributed by atoms with Crippen molar-refractivity contribution in [1.82, 2.24) is 20.4 Å². The molecule has 3 heterocycles. The average molecular weight is 660 g/mol. The van der Waals surface area contributed by atoms with Gasteiger partial charge in [0.2, 0.25) is 18.1 Å². The lowest BCUT2D eigenvalue weighted by Crippen LogP contribution is -2.44. The van der Waals surface area contributed by atoms with Crippen molar-refractivity contribution in [3.63, 3.8) is 0 Å². The van der Waals surface area contributed by atoms with Gasteiger partial charge in [0.25, 0.3) is 5.91 Å². The van der Waals surface area contributed by atoms with Gasteiger partial charge in [-0.1, -0.05) is 58.7 Å². The van der Waals surface area contributed by atoms with Crippen LogP contribution in [0.15, 0.2) is 83.7 Å².